The van der Waals surface area contributed by atoms with Crippen molar-refractivity contribution in [3.8, 4) is 0 Å². The number of amides is 1. The highest BCUT2D eigenvalue weighted by Gasteiger charge is 2.52. The van der Waals surface area contributed by atoms with E-state index in [4.69, 9.17) is 4.52 Å². The van der Waals surface area contributed by atoms with Crippen molar-refractivity contribution in [3.63, 3.8) is 0 Å². The normalized spacial score (nSPS) is 19.3. The third kappa shape index (κ3) is 2.22. The smallest absolute Gasteiger partial charge is 0.252 e. The molecule has 1 amide bonds. The minimum atomic E-state index is -0.386. The molecule has 4 rings (SSSR count). The Labute approximate surface area is 122 Å². The van der Waals surface area contributed by atoms with Crippen LogP contribution in [0.4, 0.5) is 0 Å². The van der Waals surface area contributed by atoms with Crippen molar-refractivity contribution in [2.45, 2.75) is 44.1 Å². The van der Waals surface area contributed by atoms with Crippen LogP contribution in [0.15, 0.2) is 28.8 Å². The van der Waals surface area contributed by atoms with Gasteiger partial charge in [-0.1, -0.05) is 17.7 Å². The second-order valence-corrected chi connectivity index (χ2v) is 6.16. The van der Waals surface area contributed by atoms with Crippen molar-refractivity contribution in [3.05, 3.63) is 46.8 Å². The van der Waals surface area contributed by atoms with Gasteiger partial charge in [-0.05, 0) is 44.7 Å². The van der Waals surface area contributed by atoms with E-state index in [9.17, 15) is 4.79 Å². The van der Waals surface area contributed by atoms with Crippen molar-refractivity contribution in [1.82, 2.24) is 15.7 Å². The lowest BCUT2D eigenvalue weighted by Gasteiger charge is -2.15. The van der Waals surface area contributed by atoms with E-state index >= 15 is 0 Å². The summed E-state index contributed by atoms with van der Waals surface area (Å²) in [4.78, 5) is 12.4. The number of nitrogens with zero attached hydrogens (tertiary/aromatic N) is 2. The first-order valence-electron chi connectivity index (χ1n) is 7.40. The molecule has 5 heteroatoms. The molecule has 21 heavy (non-hydrogen) atoms. The van der Waals surface area contributed by atoms with Crippen molar-refractivity contribution >= 4 is 5.91 Å². The molecule has 2 aromatic rings. The minimum Gasteiger partial charge on any atom is -0.339 e. The van der Waals surface area contributed by atoms with E-state index in [0.29, 0.717) is 11.5 Å². The molecule has 2 fully saturated rings. The van der Waals surface area contributed by atoms with Crippen LogP contribution < -0.4 is 5.32 Å². The Kier molecular flexibility index (Phi) is 2.64. The van der Waals surface area contributed by atoms with Gasteiger partial charge in [0.2, 0.25) is 0 Å². The molecule has 1 N–H and O–H groups in total. The van der Waals surface area contributed by atoms with Gasteiger partial charge in [0, 0.05) is 16.8 Å². The van der Waals surface area contributed by atoms with Crippen molar-refractivity contribution in [2.24, 2.45) is 0 Å². The molecule has 2 aliphatic rings. The fraction of sp³-hybridized carbons (Fsp3) is 0.438. The van der Waals surface area contributed by atoms with Crippen LogP contribution in [0.5, 0.6) is 0 Å². The molecular weight excluding hydrogens is 266 g/mol. The second kappa shape index (κ2) is 4.41. The summed E-state index contributed by atoms with van der Waals surface area (Å²) < 4.78 is 5.37. The Morgan fingerprint density at radius 2 is 2.00 bits per heavy atom. The van der Waals surface area contributed by atoms with Crippen LogP contribution in [0.3, 0.4) is 0 Å². The van der Waals surface area contributed by atoms with Crippen molar-refractivity contribution in [2.75, 3.05) is 0 Å². The van der Waals surface area contributed by atoms with Gasteiger partial charge in [0.1, 0.15) is 11.2 Å². The summed E-state index contributed by atoms with van der Waals surface area (Å²) >= 11 is 0. The summed E-state index contributed by atoms with van der Waals surface area (Å²) in [6, 6.07) is 7.59. The van der Waals surface area contributed by atoms with Gasteiger partial charge < -0.3 is 9.84 Å². The number of carbonyl (C=O) groups excluding carboxylic acids is 1. The molecule has 0 spiro atoms. The molecule has 0 saturated heterocycles. The Morgan fingerprint density at radius 3 is 2.62 bits per heavy atom. The molecular formula is C16H17N3O2. The van der Waals surface area contributed by atoms with Crippen LogP contribution in [0.25, 0.3) is 0 Å². The van der Waals surface area contributed by atoms with E-state index in [1.165, 1.54) is 0 Å². The quantitative estimate of drug-likeness (QED) is 0.936. The number of nitrogens with one attached hydrogen (secondary N) is 1. The third-order valence-electron chi connectivity index (χ3n) is 4.33. The van der Waals surface area contributed by atoms with E-state index in [0.717, 1.165) is 42.7 Å². The molecule has 0 atom stereocenters. The number of hydrogen-bond acceptors (Lipinski definition) is 4. The molecule has 2 saturated carbocycles. The van der Waals surface area contributed by atoms with Crippen LogP contribution in [-0.4, -0.2) is 16.3 Å². The maximum Gasteiger partial charge on any atom is 0.252 e. The van der Waals surface area contributed by atoms with Gasteiger partial charge in [-0.2, -0.15) is 0 Å². The fourth-order valence-electron chi connectivity index (χ4n) is 2.68. The first kappa shape index (κ1) is 12.6. The number of aromatic nitrogens is 2. The van der Waals surface area contributed by atoms with Crippen LogP contribution in [0, 0.1) is 6.92 Å². The first-order valence-corrected chi connectivity index (χ1v) is 7.40. The molecule has 1 heterocycles. The molecule has 1 aromatic heterocycles. The SMILES string of the molecule is Cc1ccc(C(=O)NC2(c3onnc3C3CC3)CC2)cc1. The second-order valence-electron chi connectivity index (χ2n) is 6.16. The summed E-state index contributed by atoms with van der Waals surface area (Å²) in [6.45, 7) is 2.01. The predicted molar refractivity (Wildman–Crippen MR) is 75.8 cm³/mol. The molecule has 0 unspecified atom stereocenters. The lowest BCUT2D eigenvalue weighted by atomic mass is 10.1. The van der Waals surface area contributed by atoms with Gasteiger partial charge in [0.15, 0.2) is 5.76 Å². The third-order valence-corrected chi connectivity index (χ3v) is 4.33. The molecule has 2 aliphatic carbocycles. The Bertz CT molecular complexity index is 682. The summed E-state index contributed by atoms with van der Waals surface area (Å²) in [5.41, 5.74) is 2.37. The van der Waals surface area contributed by atoms with Crippen LogP contribution >= 0.6 is 0 Å². The lowest BCUT2D eigenvalue weighted by Crippen LogP contribution is -2.35. The Hall–Kier alpha value is -2.17. The zero-order valence-corrected chi connectivity index (χ0v) is 11.9. The largest absolute Gasteiger partial charge is 0.339 e. The number of rotatable bonds is 4. The van der Waals surface area contributed by atoms with Gasteiger partial charge in [-0.25, -0.2) is 0 Å². The van der Waals surface area contributed by atoms with E-state index in [-0.39, 0.29) is 11.4 Å². The van der Waals surface area contributed by atoms with Gasteiger partial charge >= 0.3 is 0 Å². The monoisotopic (exact) mass is 283 g/mol. The van der Waals surface area contributed by atoms with E-state index < -0.39 is 0 Å². The maximum absolute atomic E-state index is 12.4. The van der Waals surface area contributed by atoms with Crippen molar-refractivity contribution in [1.29, 1.82) is 0 Å². The summed E-state index contributed by atoms with van der Waals surface area (Å²) in [5.74, 6) is 1.18. The van der Waals surface area contributed by atoms with Crippen LogP contribution in [0.1, 0.15) is 59.0 Å². The average Bonchev–Trinajstić information content (AvgIpc) is 3.41. The molecule has 0 aliphatic heterocycles. The van der Waals surface area contributed by atoms with Gasteiger partial charge in [-0.3, -0.25) is 4.79 Å². The Morgan fingerprint density at radius 1 is 1.29 bits per heavy atom. The van der Waals surface area contributed by atoms with E-state index in [1.54, 1.807) is 0 Å². The number of hydrogen-bond donors (Lipinski definition) is 1. The molecule has 0 bridgehead atoms. The van der Waals surface area contributed by atoms with E-state index in [1.807, 2.05) is 31.2 Å². The average molecular weight is 283 g/mol. The number of carbonyl (C=O) groups is 1. The topological polar surface area (TPSA) is 68.0 Å². The first-order chi connectivity index (χ1) is 10.2. The van der Waals surface area contributed by atoms with Gasteiger partial charge in [-0.15, -0.1) is 5.10 Å². The Balaban J connectivity index is 1.57. The number of aryl methyl sites for hydroxylation is 1. The highest BCUT2D eigenvalue weighted by Crippen LogP contribution is 2.51. The van der Waals surface area contributed by atoms with Crippen LogP contribution in [0.2, 0.25) is 0 Å². The molecule has 5 nitrogen and oxygen atoms in total. The summed E-state index contributed by atoms with van der Waals surface area (Å²) in [7, 11) is 0. The standard InChI is InChI=1S/C16H17N3O2/c1-10-2-4-12(5-3-10)15(20)17-16(8-9-16)14-13(11-6-7-11)18-19-21-14/h2-5,11H,6-9H2,1H3,(H,17,20). The summed E-state index contributed by atoms with van der Waals surface area (Å²) in [5, 5.41) is 10.9. The highest BCUT2D eigenvalue weighted by atomic mass is 16.5. The van der Waals surface area contributed by atoms with Crippen LogP contribution in [-0.2, 0) is 5.54 Å². The van der Waals surface area contributed by atoms with Gasteiger partial charge in [0.05, 0.1) is 0 Å². The fourth-order valence-corrected chi connectivity index (χ4v) is 2.68. The molecule has 0 radical (unpaired) electrons. The zero-order chi connectivity index (χ0) is 14.4. The van der Waals surface area contributed by atoms with Gasteiger partial charge in [0.25, 0.3) is 5.91 Å². The molecule has 108 valence electrons. The highest BCUT2D eigenvalue weighted by molar-refractivity contribution is 5.95. The minimum absolute atomic E-state index is 0.0642. The summed E-state index contributed by atoms with van der Waals surface area (Å²) in [6.07, 6.45) is 4.06. The number of benzene rings is 1. The maximum atomic E-state index is 12.4. The predicted octanol–water partition coefficient (Wildman–Crippen LogP) is 2.67. The molecule has 1 aromatic carbocycles. The van der Waals surface area contributed by atoms with E-state index in [2.05, 4.69) is 15.7 Å². The lowest BCUT2D eigenvalue weighted by molar-refractivity contribution is 0.0922. The van der Waals surface area contributed by atoms with Crippen molar-refractivity contribution < 1.29 is 9.32 Å². The zero-order valence-electron chi connectivity index (χ0n) is 11.9.